The van der Waals surface area contributed by atoms with Crippen molar-refractivity contribution >= 4 is 5.82 Å². The van der Waals surface area contributed by atoms with Gasteiger partial charge in [0.1, 0.15) is 11.6 Å². The summed E-state index contributed by atoms with van der Waals surface area (Å²) in [6.07, 6.45) is 8.75. The zero-order valence-electron chi connectivity index (χ0n) is 11.2. The summed E-state index contributed by atoms with van der Waals surface area (Å²) in [5, 5.41) is 0. The lowest BCUT2D eigenvalue weighted by Gasteiger charge is -2.15. The zero-order valence-corrected chi connectivity index (χ0v) is 11.2. The van der Waals surface area contributed by atoms with E-state index in [1.54, 1.807) is 6.07 Å². The molecule has 0 bridgehead atoms. The molecule has 0 aromatic carbocycles. The van der Waals surface area contributed by atoms with Crippen molar-refractivity contribution < 1.29 is 4.74 Å². The van der Waals surface area contributed by atoms with E-state index in [4.69, 9.17) is 10.5 Å². The normalized spacial score (nSPS) is 17.4. The van der Waals surface area contributed by atoms with Crippen LogP contribution in [0.25, 0.3) is 0 Å². The Morgan fingerprint density at radius 1 is 1.22 bits per heavy atom. The highest BCUT2D eigenvalue weighted by Gasteiger charge is 2.13. The van der Waals surface area contributed by atoms with Gasteiger partial charge in [-0.1, -0.05) is 32.6 Å². The number of nitrogens with two attached hydrogens (primary N) is 1. The molecule has 0 radical (unpaired) electrons. The van der Waals surface area contributed by atoms with Gasteiger partial charge in [-0.3, -0.25) is 0 Å². The van der Waals surface area contributed by atoms with Gasteiger partial charge in [0.15, 0.2) is 0 Å². The van der Waals surface area contributed by atoms with Gasteiger partial charge < -0.3 is 10.5 Å². The molecule has 4 heteroatoms. The Bertz CT molecular complexity index is 373. The second-order valence-corrected chi connectivity index (χ2v) is 5.07. The van der Waals surface area contributed by atoms with E-state index in [9.17, 15) is 0 Å². The molecule has 1 aliphatic carbocycles. The van der Waals surface area contributed by atoms with Crippen LogP contribution in [0.15, 0.2) is 6.07 Å². The first-order chi connectivity index (χ1) is 8.78. The highest BCUT2D eigenvalue weighted by Crippen LogP contribution is 2.23. The molecule has 18 heavy (non-hydrogen) atoms. The number of ether oxygens (including phenoxy) is 1. The second-order valence-electron chi connectivity index (χ2n) is 5.07. The molecule has 2 rings (SSSR count). The summed E-state index contributed by atoms with van der Waals surface area (Å²) in [7, 11) is 0. The molecule has 100 valence electrons. The number of hydrogen-bond acceptors (Lipinski definition) is 4. The Hall–Kier alpha value is -1.32. The molecule has 1 saturated carbocycles. The van der Waals surface area contributed by atoms with Gasteiger partial charge in [-0.05, 0) is 18.8 Å². The van der Waals surface area contributed by atoms with E-state index in [1.165, 1.54) is 38.5 Å². The molecular weight excluding hydrogens is 226 g/mol. The molecule has 0 amide bonds. The average Bonchev–Trinajstić information content (AvgIpc) is 2.64. The summed E-state index contributed by atoms with van der Waals surface area (Å²) in [6.45, 7) is 2.78. The molecule has 2 N–H and O–H groups in total. The van der Waals surface area contributed by atoms with Gasteiger partial charge in [-0.25, -0.2) is 4.98 Å². The minimum atomic E-state index is 0.498. The van der Waals surface area contributed by atoms with Crippen molar-refractivity contribution in [2.75, 3.05) is 12.3 Å². The van der Waals surface area contributed by atoms with E-state index >= 15 is 0 Å². The van der Waals surface area contributed by atoms with Crippen LogP contribution in [0.4, 0.5) is 5.82 Å². The molecular formula is C14H23N3O. The first-order valence-corrected chi connectivity index (χ1v) is 7.04. The van der Waals surface area contributed by atoms with Crippen LogP contribution in [-0.2, 0) is 6.42 Å². The first kappa shape index (κ1) is 13.1. The predicted octanol–water partition coefficient (Wildman–Crippen LogP) is 2.97. The van der Waals surface area contributed by atoms with Crippen LogP contribution < -0.4 is 10.5 Å². The Morgan fingerprint density at radius 3 is 2.61 bits per heavy atom. The largest absolute Gasteiger partial charge is 0.477 e. The van der Waals surface area contributed by atoms with Gasteiger partial charge in [0, 0.05) is 12.5 Å². The van der Waals surface area contributed by atoms with Gasteiger partial charge >= 0.3 is 0 Å². The number of rotatable bonds is 4. The summed E-state index contributed by atoms with van der Waals surface area (Å²) in [5.74, 6) is 2.56. The van der Waals surface area contributed by atoms with Crippen LogP contribution in [0.3, 0.4) is 0 Å². The van der Waals surface area contributed by atoms with E-state index in [1.807, 2.05) is 6.92 Å². The molecule has 0 spiro atoms. The summed E-state index contributed by atoms with van der Waals surface area (Å²) in [6, 6.07) is 1.72. The molecule has 0 unspecified atom stereocenters. The predicted molar refractivity (Wildman–Crippen MR) is 72.5 cm³/mol. The zero-order chi connectivity index (χ0) is 12.8. The Labute approximate surface area is 109 Å². The maximum Gasteiger partial charge on any atom is 0.218 e. The summed E-state index contributed by atoms with van der Waals surface area (Å²) < 4.78 is 5.79. The Kier molecular flexibility index (Phi) is 4.79. The van der Waals surface area contributed by atoms with Gasteiger partial charge in [0.05, 0.1) is 6.61 Å². The third kappa shape index (κ3) is 3.86. The number of aromatic nitrogens is 2. The van der Waals surface area contributed by atoms with Crippen LogP contribution >= 0.6 is 0 Å². The van der Waals surface area contributed by atoms with Gasteiger partial charge in [0.25, 0.3) is 0 Å². The molecule has 0 aliphatic heterocycles. The van der Waals surface area contributed by atoms with Crippen molar-refractivity contribution in [3.63, 3.8) is 0 Å². The minimum absolute atomic E-state index is 0.498. The fraction of sp³-hybridized carbons (Fsp3) is 0.714. The van der Waals surface area contributed by atoms with Crippen LogP contribution in [0.5, 0.6) is 5.88 Å². The number of nitrogen functional groups attached to an aromatic ring is 1. The van der Waals surface area contributed by atoms with E-state index in [-0.39, 0.29) is 0 Å². The Morgan fingerprint density at radius 2 is 1.94 bits per heavy atom. The van der Waals surface area contributed by atoms with E-state index in [0.717, 1.165) is 18.9 Å². The van der Waals surface area contributed by atoms with E-state index in [0.29, 0.717) is 17.6 Å². The lowest BCUT2D eigenvalue weighted by Crippen LogP contribution is -2.13. The number of aryl methyl sites for hydroxylation is 1. The number of nitrogens with zero attached hydrogens (tertiary/aromatic N) is 2. The van der Waals surface area contributed by atoms with Crippen LogP contribution in [0, 0.1) is 5.92 Å². The van der Waals surface area contributed by atoms with Crippen molar-refractivity contribution in [2.24, 2.45) is 5.92 Å². The van der Waals surface area contributed by atoms with E-state index in [2.05, 4.69) is 9.97 Å². The second kappa shape index (κ2) is 6.57. The van der Waals surface area contributed by atoms with Crippen molar-refractivity contribution in [3.05, 3.63) is 11.9 Å². The molecule has 1 fully saturated rings. The summed E-state index contributed by atoms with van der Waals surface area (Å²) >= 11 is 0. The quantitative estimate of drug-likeness (QED) is 0.833. The molecule has 1 aromatic heterocycles. The van der Waals surface area contributed by atoms with Crippen LogP contribution in [0.2, 0.25) is 0 Å². The van der Waals surface area contributed by atoms with Gasteiger partial charge in [-0.2, -0.15) is 4.98 Å². The van der Waals surface area contributed by atoms with Crippen molar-refractivity contribution in [3.8, 4) is 5.88 Å². The van der Waals surface area contributed by atoms with Crippen molar-refractivity contribution in [1.29, 1.82) is 0 Å². The highest BCUT2D eigenvalue weighted by molar-refractivity contribution is 5.32. The Balaban J connectivity index is 1.90. The average molecular weight is 249 g/mol. The van der Waals surface area contributed by atoms with Crippen molar-refractivity contribution in [1.82, 2.24) is 9.97 Å². The third-order valence-corrected chi connectivity index (χ3v) is 3.53. The van der Waals surface area contributed by atoms with Crippen LogP contribution in [0.1, 0.15) is 51.3 Å². The number of hydrogen-bond donors (Lipinski definition) is 1. The summed E-state index contributed by atoms with van der Waals surface area (Å²) in [4.78, 5) is 8.50. The molecule has 4 nitrogen and oxygen atoms in total. The molecule has 1 aliphatic rings. The minimum Gasteiger partial charge on any atom is -0.477 e. The fourth-order valence-electron chi connectivity index (χ4n) is 2.46. The lowest BCUT2D eigenvalue weighted by atomic mass is 10.0. The van der Waals surface area contributed by atoms with E-state index < -0.39 is 0 Å². The molecule has 0 saturated heterocycles. The molecule has 0 atom stereocenters. The van der Waals surface area contributed by atoms with Crippen LogP contribution in [-0.4, -0.2) is 16.6 Å². The molecule has 1 aromatic rings. The maximum absolute atomic E-state index is 5.79. The fourth-order valence-corrected chi connectivity index (χ4v) is 2.46. The van der Waals surface area contributed by atoms with Crippen molar-refractivity contribution in [2.45, 2.75) is 51.9 Å². The molecule has 1 heterocycles. The lowest BCUT2D eigenvalue weighted by molar-refractivity contribution is 0.225. The third-order valence-electron chi connectivity index (χ3n) is 3.53. The summed E-state index contributed by atoms with van der Waals surface area (Å²) in [5.41, 5.74) is 5.74. The highest BCUT2D eigenvalue weighted by atomic mass is 16.5. The topological polar surface area (TPSA) is 61.0 Å². The maximum atomic E-state index is 5.79. The smallest absolute Gasteiger partial charge is 0.218 e. The number of anilines is 1. The standard InChI is InChI=1S/C14H23N3O/c1-2-13-16-12(15)9-14(17-13)18-10-11-7-5-3-4-6-8-11/h9,11H,2-8,10H2,1H3,(H2,15,16,17). The monoisotopic (exact) mass is 249 g/mol. The first-order valence-electron chi connectivity index (χ1n) is 7.04. The SMILES string of the molecule is CCc1nc(N)cc(OCC2CCCCCC2)n1. The van der Waals surface area contributed by atoms with Gasteiger partial charge in [-0.15, -0.1) is 0 Å². The van der Waals surface area contributed by atoms with Gasteiger partial charge in [0.2, 0.25) is 5.88 Å².